The molecule has 5 nitrogen and oxygen atoms in total. The summed E-state index contributed by atoms with van der Waals surface area (Å²) in [6.45, 7) is 0. The molecular weight excluding hydrogens is 266 g/mol. The highest BCUT2D eigenvalue weighted by Crippen LogP contribution is 2.36. The number of hydrogen-bond donors (Lipinski definition) is 1. The smallest absolute Gasteiger partial charge is 0.227 e. The number of hydrogen-bond acceptors (Lipinski definition) is 5. The predicted molar refractivity (Wildman–Crippen MR) is 77.6 cm³/mol. The Morgan fingerprint density at radius 1 is 1.19 bits per heavy atom. The zero-order valence-electron chi connectivity index (χ0n) is 11.7. The Balaban J connectivity index is 1.46. The van der Waals surface area contributed by atoms with Crippen LogP contribution in [0.1, 0.15) is 36.7 Å². The molecule has 1 aromatic carbocycles. The number of nitrogens with zero attached hydrogens (tertiary/aromatic N) is 2. The summed E-state index contributed by atoms with van der Waals surface area (Å²) in [5.41, 5.74) is 6.74. The summed E-state index contributed by atoms with van der Waals surface area (Å²) in [5, 5.41) is 5.14. The molecule has 0 unspecified atom stereocenters. The van der Waals surface area contributed by atoms with Gasteiger partial charge in [-0.05, 0) is 31.4 Å². The average Bonchev–Trinajstić information content (AvgIpc) is 3.09. The highest BCUT2D eigenvalue weighted by atomic mass is 16.5. The van der Waals surface area contributed by atoms with E-state index in [1.807, 2.05) is 24.3 Å². The van der Waals surface area contributed by atoms with Crippen LogP contribution in [0.5, 0.6) is 0 Å². The van der Waals surface area contributed by atoms with Crippen molar-refractivity contribution in [1.82, 2.24) is 10.1 Å². The van der Waals surface area contributed by atoms with Gasteiger partial charge in [0.15, 0.2) is 5.82 Å². The summed E-state index contributed by atoms with van der Waals surface area (Å²) in [6, 6.07) is 10.0. The molecule has 2 N–H and O–H groups in total. The first-order chi connectivity index (χ1) is 10.2. The van der Waals surface area contributed by atoms with Crippen molar-refractivity contribution in [3.05, 3.63) is 47.8 Å². The number of fused-ring (bicyclic) bond motifs is 1. The first-order valence-corrected chi connectivity index (χ1v) is 7.32. The summed E-state index contributed by atoms with van der Waals surface area (Å²) in [4.78, 5) is 4.43. The van der Waals surface area contributed by atoms with Gasteiger partial charge in [0.1, 0.15) is 11.3 Å². The monoisotopic (exact) mass is 283 g/mol. The minimum absolute atomic E-state index is 0.360. The lowest BCUT2D eigenvalue weighted by Crippen LogP contribution is -2.44. The van der Waals surface area contributed by atoms with Crippen molar-refractivity contribution < 1.29 is 8.94 Å². The van der Waals surface area contributed by atoms with Gasteiger partial charge in [-0.2, -0.15) is 4.98 Å². The maximum atomic E-state index is 6.19. The lowest BCUT2D eigenvalue weighted by molar-refractivity contribution is 0.229. The molecule has 108 valence electrons. The third-order valence-corrected chi connectivity index (χ3v) is 4.22. The molecule has 0 bridgehead atoms. The maximum Gasteiger partial charge on any atom is 0.227 e. The van der Waals surface area contributed by atoms with E-state index >= 15 is 0 Å². The third kappa shape index (κ3) is 2.23. The first kappa shape index (κ1) is 12.6. The van der Waals surface area contributed by atoms with Gasteiger partial charge in [0.2, 0.25) is 5.89 Å². The Bertz CT molecular complexity index is 738. The van der Waals surface area contributed by atoms with Crippen LogP contribution in [-0.2, 0) is 18.4 Å². The van der Waals surface area contributed by atoms with Crippen LogP contribution < -0.4 is 5.73 Å². The molecule has 0 saturated heterocycles. The Hall–Kier alpha value is -2.14. The molecule has 3 aromatic rings. The number of aromatic nitrogens is 2. The van der Waals surface area contributed by atoms with Gasteiger partial charge in [0.05, 0.1) is 5.54 Å². The van der Waals surface area contributed by atoms with E-state index < -0.39 is 0 Å². The van der Waals surface area contributed by atoms with Crippen LogP contribution in [0.25, 0.3) is 11.0 Å². The van der Waals surface area contributed by atoms with Gasteiger partial charge >= 0.3 is 0 Å². The molecule has 1 saturated carbocycles. The Morgan fingerprint density at radius 2 is 2.05 bits per heavy atom. The van der Waals surface area contributed by atoms with E-state index in [-0.39, 0.29) is 5.54 Å². The van der Waals surface area contributed by atoms with Crippen molar-refractivity contribution in [2.75, 3.05) is 0 Å². The Kier molecular flexibility index (Phi) is 2.82. The maximum absolute atomic E-state index is 6.19. The lowest BCUT2D eigenvalue weighted by atomic mass is 9.77. The van der Waals surface area contributed by atoms with Crippen LogP contribution >= 0.6 is 0 Å². The number of para-hydroxylation sites is 1. The summed E-state index contributed by atoms with van der Waals surface area (Å²) in [5.74, 6) is 2.21. The summed E-state index contributed by atoms with van der Waals surface area (Å²) < 4.78 is 11.1. The quantitative estimate of drug-likeness (QED) is 0.796. The summed E-state index contributed by atoms with van der Waals surface area (Å²) in [7, 11) is 0. The normalized spacial score (nSPS) is 17.0. The Morgan fingerprint density at radius 3 is 2.81 bits per heavy atom. The molecule has 5 heteroatoms. The van der Waals surface area contributed by atoms with Gasteiger partial charge in [-0.25, -0.2) is 0 Å². The second kappa shape index (κ2) is 4.70. The minimum atomic E-state index is -0.360. The van der Waals surface area contributed by atoms with Crippen LogP contribution in [-0.4, -0.2) is 10.1 Å². The highest BCUT2D eigenvalue weighted by Gasteiger charge is 2.38. The molecule has 0 aliphatic heterocycles. The van der Waals surface area contributed by atoms with E-state index in [2.05, 4.69) is 16.2 Å². The van der Waals surface area contributed by atoms with Crippen molar-refractivity contribution in [3.8, 4) is 0 Å². The zero-order valence-corrected chi connectivity index (χ0v) is 11.7. The molecule has 1 fully saturated rings. The first-order valence-electron chi connectivity index (χ1n) is 7.32. The topological polar surface area (TPSA) is 78.1 Å². The van der Waals surface area contributed by atoms with E-state index in [1.54, 1.807) is 0 Å². The molecule has 0 amide bonds. The van der Waals surface area contributed by atoms with Gasteiger partial charge in [-0.15, -0.1) is 0 Å². The van der Waals surface area contributed by atoms with Crippen molar-refractivity contribution >= 4 is 11.0 Å². The molecule has 0 radical (unpaired) electrons. The summed E-state index contributed by atoms with van der Waals surface area (Å²) >= 11 is 0. The van der Waals surface area contributed by atoms with Gasteiger partial charge < -0.3 is 14.7 Å². The fourth-order valence-electron chi connectivity index (χ4n) is 2.73. The largest absolute Gasteiger partial charge is 0.461 e. The van der Waals surface area contributed by atoms with Gasteiger partial charge in [-0.1, -0.05) is 23.4 Å². The van der Waals surface area contributed by atoms with E-state index in [1.165, 1.54) is 0 Å². The number of aryl methyl sites for hydroxylation is 2. The molecule has 21 heavy (non-hydrogen) atoms. The third-order valence-electron chi connectivity index (χ3n) is 4.22. The Labute approximate surface area is 122 Å². The molecule has 1 aliphatic rings. The van der Waals surface area contributed by atoms with Crippen LogP contribution in [0.2, 0.25) is 0 Å². The second-order valence-electron chi connectivity index (χ2n) is 5.77. The number of nitrogens with two attached hydrogens (primary N) is 1. The average molecular weight is 283 g/mol. The van der Waals surface area contributed by atoms with Crippen LogP contribution in [0.3, 0.4) is 0 Å². The van der Waals surface area contributed by atoms with Crippen molar-refractivity contribution in [2.45, 2.75) is 37.6 Å². The summed E-state index contributed by atoms with van der Waals surface area (Å²) in [6.07, 6.45) is 4.43. The molecule has 0 spiro atoms. The molecule has 2 heterocycles. The van der Waals surface area contributed by atoms with E-state index in [9.17, 15) is 0 Å². The molecule has 1 aliphatic carbocycles. The van der Waals surface area contributed by atoms with Crippen molar-refractivity contribution in [3.63, 3.8) is 0 Å². The van der Waals surface area contributed by atoms with Gasteiger partial charge in [0.25, 0.3) is 0 Å². The van der Waals surface area contributed by atoms with Crippen LogP contribution in [0.15, 0.2) is 39.3 Å². The fraction of sp³-hybridized carbons (Fsp3) is 0.375. The fourth-order valence-corrected chi connectivity index (χ4v) is 2.73. The molecule has 4 rings (SSSR count). The zero-order chi connectivity index (χ0) is 14.3. The SMILES string of the molecule is NC1(c2noc(CCc3cc4ccccc4o3)n2)CCC1. The lowest BCUT2D eigenvalue weighted by Gasteiger charge is -2.34. The van der Waals surface area contributed by atoms with Crippen molar-refractivity contribution in [2.24, 2.45) is 5.73 Å². The van der Waals surface area contributed by atoms with Crippen molar-refractivity contribution in [1.29, 1.82) is 0 Å². The number of benzene rings is 1. The molecular formula is C16H17N3O2. The second-order valence-corrected chi connectivity index (χ2v) is 5.77. The van der Waals surface area contributed by atoms with E-state index in [4.69, 9.17) is 14.7 Å². The number of rotatable bonds is 4. The van der Waals surface area contributed by atoms with Crippen LogP contribution in [0.4, 0.5) is 0 Å². The van der Waals surface area contributed by atoms with Gasteiger partial charge in [0, 0.05) is 18.2 Å². The minimum Gasteiger partial charge on any atom is -0.461 e. The van der Waals surface area contributed by atoms with E-state index in [0.29, 0.717) is 18.1 Å². The van der Waals surface area contributed by atoms with Crippen LogP contribution in [0, 0.1) is 0 Å². The number of furan rings is 1. The van der Waals surface area contributed by atoms with E-state index in [0.717, 1.165) is 42.4 Å². The predicted octanol–water partition coefficient (Wildman–Crippen LogP) is 2.94. The van der Waals surface area contributed by atoms with Gasteiger partial charge in [-0.3, -0.25) is 0 Å². The molecule has 0 atom stereocenters. The highest BCUT2D eigenvalue weighted by molar-refractivity contribution is 5.77. The standard InChI is InChI=1S/C16H17N3O2/c17-16(8-3-9-16)15-18-14(21-19-15)7-6-12-10-11-4-1-2-5-13(11)20-12/h1-2,4-5,10H,3,6-9,17H2. The molecule has 2 aromatic heterocycles.